The molecule has 8 nitrogen and oxygen atoms in total. The van der Waals surface area contributed by atoms with Crippen LogP contribution in [-0.4, -0.2) is 62.1 Å². The van der Waals surface area contributed by atoms with Crippen LogP contribution in [-0.2, 0) is 9.47 Å². The molecule has 1 heterocycles. The van der Waals surface area contributed by atoms with Gasteiger partial charge in [-0.25, -0.2) is 0 Å². The molecule has 0 aliphatic heterocycles. The minimum atomic E-state index is 0.207. The second kappa shape index (κ2) is 9.29. The number of nitrogens with one attached hydrogen (secondary N) is 1. The van der Waals surface area contributed by atoms with E-state index in [-0.39, 0.29) is 12.0 Å². The summed E-state index contributed by atoms with van der Waals surface area (Å²) >= 11 is 0. The lowest BCUT2D eigenvalue weighted by Gasteiger charge is -2.08. The van der Waals surface area contributed by atoms with Gasteiger partial charge in [0.15, 0.2) is 0 Å². The number of rotatable bonds is 10. The summed E-state index contributed by atoms with van der Waals surface area (Å²) in [4.78, 5) is 12.1. The summed E-state index contributed by atoms with van der Waals surface area (Å²) in [5.74, 6) is 0.397. The number of anilines is 1. The van der Waals surface area contributed by atoms with Crippen LogP contribution in [0.15, 0.2) is 0 Å². The highest BCUT2D eigenvalue weighted by Crippen LogP contribution is 2.12. The fraction of sp³-hybridized carbons (Fsp3) is 0.727. The van der Waals surface area contributed by atoms with E-state index in [0.717, 1.165) is 0 Å². The number of nitrogens with zero attached hydrogens (tertiary/aromatic N) is 3. The molecule has 0 unspecified atom stereocenters. The highest BCUT2D eigenvalue weighted by atomic mass is 16.5. The van der Waals surface area contributed by atoms with Crippen LogP contribution in [0.1, 0.15) is 6.92 Å². The molecule has 0 spiro atoms. The van der Waals surface area contributed by atoms with Gasteiger partial charge >= 0.3 is 12.0 Å². The number of aromatic nitrogens is 3. The summed E-state index contributed by atoms with van der Waals surface area (Å²) in [5, 5.41) is 2.81. The van der Waals surface area contributed by atoms with Crippen molar-refractivity contribution >= 4 is 5.95 Å². The van der Waals surface area contributed by atoms with Crippen LogP contribution in [0.25, 0.3) is 0 Å². The number of hydrogen-bond donors (Lipinski definition) is 1. The Balaban J connectivity index is 2.41. The largest absolute Gasteiger partial charge is 0.464 e. The Morgan fingerprint density at radius 2 is 1.63 bits per heavy atom. The predicted octanol–water partition coefficient (Wildman–Crippen LogP) is 0.354. The van der Waals surface area contributed by atoms with Crippen molar-refractivity contribution in [3.05, 3.63) is 0 Å². The molecule has 8 heteroatoms. The lowest BCUT2D eigenvalue weighted by molar-refractivity contribution is 0.0526. The lowest BCUT2D eigenvalue weighted by Crippen LogP contribution is -2.12. The Kier molecular flexibility index (Phi) is 7.52. The Hall–Kier alpha value is -1.67. The summed E-state index contributed by atoms with van der Waals surface area (Å²) in [6.07, 6.45) is 0. The van der Waals surface area contributed by atoms with Crippen molar-refractivity contribution in [1.82, 2.24) is 15.0 Å². The van der Waals surface area contributed by atoms with Gasteiger partial charge in [-0.1, -0.05) is 0 Å². The van der Waals surface area contributed by atoms with E-state index in [4.69, 9.17) is 18.9 Å². The zero-order valence-electron chi connectivity index (χ0n) is 11.5. The van der Waals surface area contributed by atoms with Crippen LogP contribution in [0.2, 0.25) is 0 Å². The molecule has 0 atom stereocenters. The van der Waals surface area contributed by atoms with Gasteiger partial charge in [0.1, 0.15) is 6.61 Å². The van der Waals surface area contributed by atoms with E-state index in [1.165, 1.54) is 0 Å². The molecule has 0 bridgehead atoms. The number of ether oxygens (including phenoxy) is 4. The van der Waals surface area contributed by atoms with Crippen molar-refractivity contribution in [3.8, 4) is 12.0 Å². The van der Waals surface area contributed by atoms with E-state index >= 15 is 0 Å². The Bertz CT molecular complexity index is 365. The third kappa shape index (κ3) is 6.16. The van der Waals surface area contributed by atoms with Gasteiger partial charge in [-0.3, -0.25) is 0 Å². The molecule has 0 amide bonds. The molecular formula is C11H20N4O4. The minimum absolute atomic E-state index is 0.207. The summed E-state index contributed by atoms with van der Waals surface area (Å²) < 4.78 is 20.7. The second-order valence-electron chi connectivity index (χ2n) is 3.36. The highest BCUT2D eigenvalue weighted by molar-refractivity contribution is 5.26. The van der Waals surface area contributed by atoms with Crippen LogP contribution >= 0.6 is 0 Å². The summed E-state index contributed by atoms with van der Waals surface area (Å²) in [6.45, 7) is 4.21. The van der Waals surface area contributed by atoms with E-state index in [2.05, 4.69) is 20.3 Å². The Morgan fingerprint density at radius 1 is 0.947 bits per heavy atom. The number of hydrogen-bond acceptors (Lipinski definition) is 8. The molecule has 0 fully saturated rings. The second-order valence-corrected chi connectivity index (χ2v) is 3.36. The quantitative estimate of drug-likeness (QED) is 0.611. The molecule has 0 radical (unpaired) electrons. The van der Waals surface area contributed by atoms with Gasteiger partial charge in [-0.15, -0.1) is 4.98 Å². The van der Waals surface area contributed by atoms with Crippen LogP contribution in [0, 0.1) is 0 Å². The molecule has 108 valence electrons. The fourth-order valence-electron chi connectivity index (χ4n) is 1.14. The molecule has 19 heavy (non-hydrogen) atoms. The minimum Gasteiger partial charge on any atom is -0.464 e. The van der Waals surface area contributed by atoms with Crippen molar-refractivity contribution in [2.75, 3.05) is 52.5 Å². The SMILES string of the molecule is CCOc1nc(NC)nc(OCCOCCOC)n1. The molecule has 0 aliphatic rings. The molecule has 1 aromatic rings. The highest BCUT2D eigenvalue weighted by Gasteiger charge is 2.07. The molecule has 0 saturated carbocycles. The standard InChI is InChI=1S/C11H20N4O4/c1-4-18-10-13-9(12-2)14-11(15-10)19-8-7-17-6-5-16-3/h4-8H2,1-3H3,(H,12,13,14,15). The smallest absolute Gasteiger partial charge is 0.324 e. The first-order valence-electron chi connectivity index (χ1n) is 6.06. The van der Waals surface area contributed by atoms with Crippen LogP contribution in [0.3, 0.4) is 0 Å². The Labute approximate surface area is 112 Å². The third-order valence-corrected chi connectivity index (χ3v) is 1.98. The molecular weight excluding hydrogens is 252 g/mol. The third-order valence-electron chi connectivity index (χ3n) is 1.98. The van der Waals surface area contributed by atoms with Crippen molar-refractivity contribution in [3.63, 3.8) is 0 Å². The van der Waals surface area contributed by atoms with E-state index in [0.29, 0.717) is 39.0 Å². The van der Waals surface area contributed by atoms with Crippen molar-refractivity contribution in [2.24, 2.45) is 0 Å². The topological polar surface area (TPSA) is 87.6 Å². The van der Waals surface area contributed by atoms with Gasteiger partial charge in [-0.2, -0.15) is 9.97 Å². The first-order valence-corrected chi connectivity index (χ1v) is 6.06. The van der Waals surface area contributed by atoms with Gasteiger partial charge in [0, 0.05) is 14.2 Å². The molecule has 1 N–H and O–H groups in total. The molecule has 1 aromatic heterocycles. The zero-order valence-corrected chi connectivity index (χ0v) is 11.5. The number of methoxy groups -OCH3 is 1. The maximum Gasteiger partial charge on any atom is 0.324 e. The first kappa shape index (κ1) is 15.4. The molecule has 1 rings (SSSR count). The summed E-state index contributed by atoms with van der Waals surface area (Å²) in [6, 6.07) is 0.440. The van der Waals surface area contributed by atoms with Crippen LogP contribution in [0.4, 0.5) is 5.95 Å². The summed E-state index contributed by atoms with van der Waals surface area (Å²) in [5.41, 5.74) is 0. The van der Waals surface area contributed by atoms with Gasteiger partial charge in [0.2, 0.25) is 5.95 Å². The van der Waals surface area contributed by atoms with Gasteiger partial charge in [0.05, 0.1) is 26.4 Å². The Morgan fingerprint density at radius 3 is 2.26 bits per heavy atom. The van der Waals surface area contributed by atoms with Gasteiger partial charge in [0.25, 0.3) is 0 Å². The van der Waals surface area contributed by atoms with Crippen molar-refractivity contribution in [2.45, 2.75) is 6.92 Å². The van der Waals surface area contributed by atoms with Gasteiger partial charge < -0.3 is 24.3 Å². The zero-order chi connectivity index (χ0) is 13.9. The monoisotopic (exact) mass is 272 g/mol. The van der Waals surface area contributed by atoms with Crippen molar-refractivity contribution in [1.29, 1.82) is 0 Å². The maximum atomic E-state index is 5.37. The average Bonchev–Trinajstić information content (AvgIpc) is 2.43. The van der Waals surface area contributed by atoms with E-state index < -0.39 is 0 Å². The predicted molar refractivity (Wildman–Crippen MR) is 68.7 cm³/mol. The van der Waals surface area contributed by atoms with Gasteiger partial charge in [-0.05, 0) is 6.92 Å². The first-order chi connectivity index (χ1) is 9.30. The van der Waals surface area contributed by atoms with E-state index in [9.17, 15) is 0 Å². The molecule has 0 saturated heterocycles. The van der Waals surface area contributed by atoms with Crippen molar-refractivity contribution < 1.29 is 18.9 Å². The average molecular weight is 272 g/mol. The van der Waals surface area contributed by atoms with E-state index in [1.54, 1.807) is 14.2 Å². The van der Waals surface area contributed by atoms with Crippen LogP contribution in [0.5, 0.6) is 12.0 Å². The summed E-state index contributed by atoms with van der Waals surface area (Å²) in [7, 11) is 3.34. The fourth-order valence-corrected chi connectivity index (χ4v) is 1.14. The molecule has 0 aliphatic carbocycles. The van der Waals surface area contributed by atoms with Crippen LogP contribution < -0.4 is 14.8 Å². The normalized spacial score (nSPS) is 10.3. The van der Waals surface area contributed by atoms with E-state index in [1.807, 2.05) is 6.92 Å². The molecule has 0 aromatic carbocycles. The maximum absolute atomic E-state index is 5.37. The lowest BCUT2D eigenvalue weighted by atomic mass is 10.7.